The van der Waals surface area contributed by atoms with Crippen LogP contribution in [0.5, 0.6) is 5.75 Å². The van der Waals surface area contributed by atoms with Gasteiger partial charge in [-0.3, -0.25) is 9.59 Å². The van der Waals surface area contributed by atoms with E-state index in [4.69, 9.17) is 4.74 Å². The second kappa shape index (κ2) is 11.4. The topological polar surface area (TPSA) is 71.5 Å². The molecule has 1 heterocycles. The molecule has 1 N–H and O–H groups in total. The Kier molecular flexibility index (Phi) is 8.33. The van der Waals surface area contributed by atoms with E-state index in [1.165, 1.54) is 28.4 Å². The van der Waals surface area contributed by atoms with Gasteiger partial charge in [0.1, 0.15) is 16.6 Å². The van der Waals surface area contributed by atoms with Crippen LogP contribution in [0.25, 0.3) is 10.6 Å². The van der Waals surface area contributed by atoms with Crippen LogP contribution >= 0.6 is 11.3 Å². The van der Waals surface area contributed by atoms with Gasteiger partial charge in [0, 0.05) is 24.0 Å². The van der Waals surface area contributed by atoms with E-state index >= 15 is 0 Å². The summed E-state index contributed by atoms with van der Waals surface area (Å²) in [7, 11) is 0. The molecule has 0 bridgehead atoms. The average Bonchev–Trinajstić information content (AvgIpc) is 3.26. The summed E-state index contributed by atoms with van der Waals surface area (Å²) < 4.78 is 18.4. The SMILES string of the molecule is CCOc1ccc(-c2nc(CC(=O)N(CC)CC(=O)NCc3ccc(F)cc3)cs2)cc1. The van der Waals surface area contributed by atoms with Crippen molar-refractivity contribution in [1.82, 2.24) is 15.2 Å². The number of halogens is 1. The van der Waals surface area contributed by atoms with Crippen molar-refractivity contribution in [3.8, 4) is 16.3 Å². The van der Waals surface area contributed by atoms with E-state index < -0.39 is 0 Å². The Balaban J connectivity index is 1.53. The number of rotatable bonds is 10. The summed E-state index contributed by atoms with van der Waals surface area (Å²) in [5.41, 5.74) is 2.43. The molecule has 0 spiro atoms. The van der Waals surface area contributed by atoms with Gasteiger partial charge < -0.3 is 15.0 Å². The van der Waals surface area contributed by atoms with Gasteiger partial charge >= 0.3 is 0 Å². The molecule has 3 aromatic rings. The van der Waals surface area contributed by atoms with Crippen LogP contribution in [-0.4, -0.2) is 41.4 Å². The number of aromatic nitrogens is 1. The first-order valence-corrected chi connectivity index (χ1v) is 11.3. The van der Waals surface area contributed by atoms with Crippen LogP contribution in [0.2, 0.25) is 0 Å². The second-order valence-electron chi connectivity index (χ2n) is 7.09. The molecule has 0 aliphatic rings. The standard InChI is InChI=1S/C24H26FN3O3S/c1-3-28(15-22(29)26-14-17-5-9-19(25)10-6-17)23(30)13-20-16-32-24(27-20)18-7-11-21(12-8-18)31-4-2/h5-12,16H,3-4,13-15H2,1-2H3,(H,26,29). The first-order valence-electron chi connectivity index (χ1n) is 10.4. The summed E-state index contributed by atoms with van der Waals surface area (Å²) in [6.45, 7) is 5.04. The van der Waals surface area contributed by atoms with E-state index in [2.05, 4.69) is 10.3 Å². The number of hydrogen-bond acceptors (Lipinski definition) is 5. The van der Waals surface area contributed by atoms with Crippen molar-refractivity contribution < 1.29 is 18.7 Å². The van der Waals surface area contributed by atoms with Crippen molar-refractivity contribution in [3.63, 3.8) is 0 Å². The Bertz CT molecular complexity index is 1040. The number of likely N-dealkylation sites (N-methyl/N-ethyl adjacent to an activating group) is 1. The number of benzene rings is 2. The minimum atomic E-state index is -0.324. The van der Waals surface area contributed by atoms with Crippen LogP contribution in [0.1, 0.15) is 25.1 Å². The van der Waals surface area contributed by atoms with E-state index in [0.717, 1.165) is 21.9 Å². The van der Waals surface area contributed by atoms with Gasteiger partial charge in [0.25, 0.3) is 0 Å². The molecule has 0 atom stereocenters. The number of nitrogens with one attached hydrogen (secondary N) is 1. The van der Waals surface area contributed by atoms with E-state index in [-0.39, 0.29) is 37.1 Å². The molecule has 6 nitrogen and oxygen atoms in total. The van der Waals surface area contributed by atoms with E-state index in [1.54, 1.807) is 12.1 Å². The lowest BCUT2D eigenvalue weighted by Crippen LogP contribution is -2.41. The van der Waals surface area contributed by atoms with Crippen molar-refractivity contribution in [2.75, 3.05) is 19.7 Å². The zero-order chi connectivity index (χ0) is 22.9. The van der Waals surface area contributed by atoms with Crippen LogP contribution in [0.15, 0.2) is 53.9 Å². The van der Waals surface area contributed by atoms with Crippen LogP contribution in [0, 0.1) is 5.82 Å². The maximum Gasteiger partial charge on any atom is 0.239 e. The summed E-state index contributed by atoms with van der Waals surface area (Å²) in [4.78, 5) is 31.0. The number of thiazole rings is 1. The molecular formula is C24H26FN3O3S. The van der Waals surface area contributed by atoms with Gasteiger partial charge in [-0.1, -0.05) is 12.1 Å². The Labute approximate surface area is 191 Å². The first-order chi connectivity index (χ1) is 15.5. The fourth-order valence-electron chi connectivity index (χ4n) is 3.06. The monoisotopic (exact) mass is 455 g/mol. The highest BCUT2D eigenvalue weighted by Gasteiger charge is 2.17. The lowest BCUT2D eigenvalue weighted by molar-refractivity contribution is -0.135. The molecule has 1 aromatic heterocycles. The van der Waals surface area contributed by atoms with Crippen LogP contribution < -0.4 is 10.1 Å². The van der Waals surface area contributed by atoms with E-state index in [9.17, 15) is 14.0 Å². The normalized spacial score (nSPS) is 10.6. The van der Waals surface area contributed by atoms with Gasteiger partial charge in [-0.05, 0) is 55.8 Å². The van der Waals surface area contributed by atoms with Crippen molar-refractivity contribution in [2.24, 2.45) is 0 Å². The summed E-state index contributed by atoms with van der Waals surface area (Å²) >= 11 is 1.48. The van der Waals surface area contributed by atoms with E-state index in [1.807, 2.05) is 43.5 Å². The molecule has 3 rings (SSSR count). The Morgan fingerprint density at radius 1 is 1.09 bits per heavy atom. The minimum absolute atomic E-state index is 0.0353. The highest BCUT2D eigenvalue weighted by Crippen LogP contribution is 2.26. The molecule has 0 fully saturated rings. The largest absolute Gasteiger partial charge is 0.494 e. The van der Waals surface area contributed by atoms with Gasteiger partial charge in [-0.25, -0.2) is 9.37 Å². The molecule has 0 aliphatic heterocycles. The predicted molar refractivity (Wildman–Crippen MR) is 123 cm³/mol. The van der Waals surface area contributed by atoms with Crippen molar-refractivity contribution in [3.05, 3.63) is 71.0 Å². The molecule has 0 radical (unpaired) electrons. The molecular weight excluding hydrogens is 429 g/mol. The predicted octanol–water partition coefficient (Wildman–Crippen LogP) is 4.06. The van der Waals surface area contributed by atoms with Gasteiger partial charge in [0.05, 0.1) is 25.3 Å². The zero-order valence-corrected chi connectivity index (χ0v) is 19.0. The fourth-order valence-corrected chi connectivity index (χ4v) is 3.88. The van der Waals surface area contributed by atoms with Crippen molar-refractivity contribution in [1.29, 1.82) is 0 Å². The molecule has 2 aromatic carbocycles. The molecule has 8 heteroatoms. The molecule has 2 amide bonds. The Hall–Kier alpha value is -3.26. The molecule has 0 saturated heterocycles. The van der Waals surface area contributed by atoms with Gasteiger partial charge in [0.2, 0.25) is 11.8 Å². The minimum Gasteiger partial charge on any atom is -0.494 e. The van der Waals surface area contributed by atoms with Crippen molar-refractivity contribution in [2.45, 2.75) is 26.8 Å². The zero-order valence-electron chi connectivity index (χ0n) is 18.1. The van der Waals surface area contributed by atoms with Crippen molar-refractivity contribution >= 4 is 23.2 Å². The molecule has 0 saturated carbocycles. The molecule has 0 unspecified atom stereocenters. The lowest BCUT2D eigenvalue weighted by atomic mass is 10.2. The van der Waals surface area contributed by atoms with Gasteiger partial charge in [-0.15, -0.1) is 11.3 Å². The number of hydrogen-bond donors (Lipinski definition) is 1. The summed E-state index contributed by atoms with van der Waals surface area (Å²) in [5.74, 6) is 0.0564. The smallest absolute Gasteiger partial charge is 0.239 e. The highest BCUT2D eigenvalue weighted by molar-refractivity contribution is 7.13. The second-order valence-corrected chi connectivity index (χ2v) is 7.95. The Morgan fingerprint density at radius 3 is 2.47 bits per heavy atom. The van der Waals surface area contributed by atoms with Crippen LogP contribution in [-0.2, 0) is 22.6 Å². The third-order valence-corrected chi connectivity index (χ3v) is 5.71. The molecule has 32 heavy (non-hydrogen) atoms. The summed E-state index contributed by atoms with van der Waals surface area (Å²) in [5, 5.41) is 5.46. The number of ether oxygens (including phenoxy) is 1. The van der Waals surface area contributed by atoms with Gasteiger partial charge in [0.15, 0.2) is 0 Å². The summed E-state index contributed by atoms with van der Waals surface area (Å²) in [6, 6.07) is 13.6. The van der Waals surface area contributed by atoms with Crippen LogP contribution in [0.4, 0.5) is 4.39 Å². The lowest BCUT2D eigenvalue weighted by Gasteiger charge is -2.20. The Morgan fingerprint density at radius 2 is 1.81 bits per heavy atom. The summed E-state index contributed by atoms with van der Waals surface area (Å²) in [6.07, 6.45) is 0.132. The maximum absolute atomic E-state index is 13.0. The number of amides is 2. The fraction of sp³-hybridized carbons (Fsp3) is 0.292. The quantitative estimate of drug-likeness (QED) is 0.501. The number of nitrogens with zero attached hydrogens (tertiary/aromatic N) is 2. The van der Waals surface area contributed by atoms with Crippen LogP contribution in [0.3, 0.4) is 0 Å². The maximum atomic E-state index is 13.0. The van der Waals surface area contributed by atoms with Gasteiger partial charge in [-0.2, -0.15) is 0 Å². The van der Waals surface area contributed by atoms with E-state index in [0.29, 0.717) is 18.8 Å². The molecule has 0 aliphatic carbocycles. The average molecular weight is 456 g/mol. The number of carbonyl (C=O) groups is 2. The molecule has 168 valence electrons. The number of carbonyl (C=O) groups excluding carboxylic acids is 2. The third-order valence-electron chi connectivity index (χ3n) is 4.77. The first kappa shape index (κ1) is 23.4. The highest BCUT2D eigenvalue weighted by atomic mass is 32.1. The third kappa shape index (κ3) is 6.62.